The standard InChI is InChI=1S/C31H30N4O4S/c1-39-24-10-7-20(8-11-24)16-32-30(37)22-9-12-27(25(15-22)33-31(38)28-5-3-13-40-28)34-17-21-14-23(19-34)26-4-2-6-29(36)35(26)18-21/h2-13,15,21,23H,14,16-19H2,1H3,(H,32,37)(H,33,38). The molecule has 2 atom stereocenters. The van der Waals surface area contributed by atoms with E-state index in [1.165, 1.54) is 11.3 Å². The van der Waals surface area contributed by atoms with E-state index in [1.807, 2.05) is 64.5 Å². The van der Waals surface area contributed by atoms with E-state index in [9.17, 15) is 14.4 Å². The number of aromatic nitrogens is 1. The summed E-state index contributed by atoms with van der Waals surface area (Å²) in [5.41, 5.74) is 4.00. The SMILES string of the molecule is COc1ccc(CNC(=O)c2ccc(N3CC4CC(C3)c3cccc(=O)n3C4)c(NC(=O)c3cccs3)c2)cc1. The maximum atomic E-state index is 13.1. The number of methoxy groups -OCH3 is 1. The minimum Gasteiger partial charge on any atom is -0.497 e. The molecule has 0 spiro atoms. The first-order valence-corrected chi connectivity index (χ1v) is 14.2. The number of carbonyl (C=O) groups excluding carboxylic acids is 2. The van der Waals surface area contributed by atoms with Gasteiger partial charge in [0, 0.05) is 49.4 Å². The fourth-order valence-corrected chi connectivity index (χ4v) is 6.38. The van der Waals surface area contributed by atoms with Gasteiger partial charge in [0.05, 0.1) is 23.4 Å². The molecule has 4 heterocycles. The van der Waals surface area contributed by atoms with Crippen molar-refractivity contribution in [2.24, 2.45) is 5.92 Å². The molecule has 2 aliphatic heterocycles. The number of fused-ring (bicyclic) bond motifs is 4. The Kier molecular flexibility index (Phi) is 7.13. The molecule has 0 saturated carbocycles. The Balaban J connectivity index is 1.26. The Bertz CT molecular complexity index is 1600. The molecule has 40 heavy (non-hydrogen) atoms. The number of amides is 2. The van der Waals surface area contributed by atoms with Gasteiger partial charge in [-0.3, -0.25) is 14.4 Å². The van der Waals surface area contributed by atoms with Crippen LogP contribution in [0.4, 0.5) is 11.4 Å². The summed E-state index contributed by atoms with van der Waals surface area (Å²) in [7, 11) is 1.62. The predicted octanol–water partition coefficient (Wildman–Crippen LogP) is 4.72. The zero-order valence-corrected chi connectivity index (χ0v) is 22.9. The van der Waals surface area contributed by atoms with Crippen LogP contribution in [0.15, 0.2) is 83.0 Å². The lowest BCUT2D eigenvalue weighted by Gasteiger charge is -2.44. The highest BCUT2D eigenvalue weighted by atomic mass is 32.1. The van der Waals surface area contributed by atoms with Gasteiger partial charge in [0.2, 0.25) is 0 Å². The monoisotopic (exact) mass is 554 g/mol. The number of hydrogen-bond donors (Lipinski definition) is 2. The average Bonchev–Trinajstić information content (AvgIpc) is 3.52. The Hall–Kier alpha value is -4.37. The lowest BCUT2D eigenvalue weighted by Crippen LogP contribution is -2.47. The fraction of sp³-hybridized carbons (Fsp3) is 0.258. The molecule has 9 heteroatoms. The van der Waals surface area contributed by atoms with E-state index in [-0.39, 0.29) is 23.3 Å². The van der Waals surface area contributed by atoms with Gasteiger partial charge in [-0.15, -0.1) is 11.3 Å². The second-order valence-corrected chi connectivity index (χ2v) is 11.2. The number of hydrogen-bond acceptors (Lipinski definition) is 6. The number of ether oxygens (including phenoxy) is 1. The highest BCUT2D eigenvalue weighted by molar-refractivity contribution is 7.12. The first-order chi connectivity index (χ1) is 19.5. The Morgan fingerprint density at radius 1 is 0.975 bits per heavy atom. The first-order valence-electron chi connectivity index (χ1n) is 13.3. The molecule has 2 N–H and O–H groups in total. The summed E-state index contributed by atoms with van der Waals surface area (Å²) in [4.78, 5) is 41.6. The van der Waals surface area contributed by atoms with E-state index in [4.69, 9.17) is 4.74 Å². The van der Waals surface area contributed by atoms with Crippen molar-refractivity contribution < 1.29 is 14.3 Å². The van der Waals surface area contributed by atoms with Crippen molar-refractivity contribution in [3.8, 4) is 5.75 Å². The maximum absolute atomic E-state index is 13.1. The van der Waals surface area contributed by atoms with Gasteiger partial charge in [0.1, 0.15) is 5.75 Å². The number of thiophene rings is 1. The van der Waals surface area contributed by atoms with Gasteiger partial charge < -0.3 is 24.8 Å². The van der Waals surface area contributed by atoms with Gasteiger partial charge in [-0.2, -0.15) is 0 Å². The van der Waals surface area contributed by atoms with Crippen LogP contribution in [0.5, 0.6) is 5.75 Å². The van der Waals surface area contributed by atoms with Gasteiger partial charge in [0.25, 0.3) is 17.4 Å². The summed E-state index contributed by atoms with van der Waals surface area (Å²) < 4.78 is 7.11. The van der Waals surface area contributed by atoms with Gasteiger partial charge in [-0.25, -0.2) is 0 Å². The van der Waals surface area contributed by atoms with E-state index >= 15 is 0 Å². The van der Waals surface area contributed by atoms with Gasteiger partial charge in [-0.1, -0.05) is 24.3 Å². The smallest absolute Gasteiger partial charge is 0.265 e. The molecule has 1 fully saturated rings. The predicted molar refractivity (Wildman–Crippen MR) is 157 cm³/mol. The molecule has 204 valence electrons. The maximum Gasteiger partial charge on any atom is 0.265 e. The number of nitrogens with zero attached hydrogens (tertiary/aromatic N) is 2. The van der Waals surface area contributed by atoms with Gasteiger partial charge >= 0.3 is 0 Å². The molecule has 1 saturated heterocycles. The van der Waals surface area contributed by atoms with Crippen molar-refractivity contribution in [2.45, 2.75) is 25.4 Å². The largest absolute Gasteiger partial charge is 0.497 e. The van der Waals surface area contributed by atoms with Crippen molar-refractivity contribution in [3.63, 3.8) is 0 Å². The summed E-state index contributed by atoms with van der Waals surface area (Å²) in [5.74, 6) is 0.863. The van der Waals surface area contributed by atoms with Crippen LogP contribution >= 0.6 is 11.3 Å². The van der Waals surface area contributed by atoms with Crippen molar-refractivity contribution in [1.29, 1.82) is 0 Å². The summed E-state index contributed by atoms with van der Waals surface area (Å²) in [6, 6.07) is 22.2. The second kappa shape index (κ2) is 11.0. The Morgan fingerprint density at radius 2 is 1.82 bits per heavy atom. The minimum absolute atomic E-state index is 0.0505. The molecule has 8 nitrogen and oxygen atoms in total. The zero-order chi connectivity index (χ0) is 27.6. The molecule has 0 radical (unpaired) electrons. The quantitative estimate of drug-likeness (QED) is 0.345. The highest BCUT2D eigenvalue weighted by Crippen LogP contribution is 2.39. The fourth-order valence-electron chi connectivity index (χ4n) is 5.77. The molecule has 2 aliphatic rings. The van der Waals surface area contributed by atoms with Gasteiger partial charge in [0.15, 0.2) is 0 Å². The number of benzene rings is 2. The molecular weight excluding hydrogens is 524 g/mol. The molecule has 2 unspecified atom stereocenters. The molecule has 4 aromatic rings. The number of pyridine rings is 1. The highest BCUT2D eigenvalue weighted by Gasteiger charge is 2.35. The van der Waals surface area contributed by atoms with Crippen LogP contribution < -0.4 is 25.8 Å². The summed E-state index contributed by atoms with van der Waals surface area (Å²) >= 11 is 1.37. The average molecular weight is 555 g/mol. The van der Waals surface area contributed by atoms with Crippen LogP contribution in [0.3, 0.4) is 0 Å². The minimum atomic E-state index is -0.224. The first kappa shape index (κ1) is 25.9. The number of carbonyl (C=O) groups is 2. The summed E-state index contributed by atoms with van der Waals surface area (Å²) in [6.45, 7) is 2.55. The lowest BCUT2D eigenvalue weighted by molar-refractivity contribution is 0.0949. The number of rotatable bonds is 7. The molecule has 2 aromatic carbocycles. The van der Waals surface area contributed by atoms with Crippen LogP contribution in [-0.4, -0.2) is 36.6 Å². The third-order valence-electron chi connectivity index (χ3n) is 7.68. The molecule has 0 aliphatic carbocycles. The van der Waals surface area contributed by atoms with Crippen LogP contribution in [0.25, 0.3) is 0 Å². The summed E-state index contributed by atoms with van der Waals surface area (Å²) in [6.07, 6.45) is 1.03. The van der Waals surface area contributed by atoms with E-state index in [0.717, 1.165) is 42.2 Å². The van der Waals surface area contributed by atoms with Crippen LogP contribution in [0.1, 0.15) is 43.6 Å². The Labute approximate surface area is 236 Å². The van der Waals surface area contributed by atoms with Crippen LogP contribution in [-0.2, 0) is 13.1 Å². The normalized spacial score (nSPS) is 17.6. The van der Waals surface area contributed by atoms with Crippen molar-refractivity contribution >= 4 is 34.5 Å². The van der Waals surface area contributed by atoms with Crippen molar-refractivity contribution in [1.82, 2.24) is 9.88 Å². The number of piperidine rings is 1. The van der Waals surface area contributed by atoms with Crippen molar-refractivity contribution in [2.75, 3.05) is 30.4 Å². The molecule has 2 amide bonds. The van der Waals surface area contributed by atoms with Gasteiger partial charge in [-0.05, 0) is 65.7 Å². The summed E-state index contributed by atoms with van der Waals surface area (Å²) in [5, 5.41) is 7.90. The lowest BCUT2D eigenvalue weighted by atomic mass is 9.83. The number of nitrogens with one attached hydrogen (secondary N) is 2. The Morgan fingerprint density at radius 3 is 2.60 bits per heavy atom. The van der Waals surface area contributed by atoms with E-state index < -0.39 is 0 Å². The van der Waals surface area contributed by atoms with E-state index in [0.29, 0.717) is 35.1 Å². The molecule has 2 bridgehead atoms. The number of anilines is 2. The molecule has 6 rings (SSSR count). The van der Waals surface area contributed by atoms with E-state index in [1.54, 1.807) is 25.3 Å². The zero-order valence-electron chi connectivity index (χ0n) is 22.1. The molecule has 2 aromatic heterocycles. The van der Waals surface area contributed by atoms with E-state index in [2.05, 4.69) is 15.5 Å². The second-order valence-electron chi connectivity index (χ2n) is 10.3. The van der Waals surface area contributed by atoms with Crippen LogP contribution in [0.2, 0.25) is 0 Å². The third kappa shape index (κ3) is 5.24. The van der Waals surface area contributed by atoms with Crippen LogP contribution in [0, 0.1) is 5.92 Å². The van der Waals surface area contributed by atoms with Crippen molar-refractivity contribution in [3.05, 3.63) is 110 Å². The molecular formula is C31H30N4O4S. The third-order valence-corrected chi connectivity index (χ3v) is 8.55. The topological polar surface area (TPSA) is 92.7 Å².